The highest BCUT2D eigenvalue weighted by Gasteiger charge is 2.36. The van der Waals surface area contributed by atoms with Gasteiger partial charge in [0.1, 0.15) is 0 Å². The van der Waals surface area contributed by atoms with E-state index in [0.717, 1.165) is 6.92 Å². The molecule has 0 saturated carbocycles. The summed E-state index contributed by atoms with van der Waals surface area (Å²) in [5.74, 6) is 0. The van der Waals surface area contributed by atoms with Crippen molar-refractivity contribution in [2.24, 2.45) is 0 Å². The van der Waals surface area contributed by atoms with Gasteiger partial charge < -0.3 is 9.84 Å². The Morgan fingerprint density at radius 2 is 1.82 bits per heavy atom. The highest BCUT2D eigenvalue weighted by atomic mass is 19.4. The van der Waals surface area contributed by atoms with Gasteiger partial charge in [-0.2, -0.15) is 13.2 Å². The van der Waals surface area contributed by atoms with Crippen molar-refractivity contribution in [3.63, 3.8) is 0 Å². The van der Waals surface area contributed by atoms with Crippen LogP contribution in [0, 0.1) is 0 Å². The number of hydrogen-bond acceptors (Lipinski definition) is 2. The Hall–Kier alpha value is -0.290. The Morgan fingerprint density at radius 1 is 1.36 bits per heavy atom. The minimum atomic E-state index is -4.34. The van der Waals surface area contributed by atoms with Crippen molar-refractivity contribution in [1.29, 1.82) is 0 Å². The number of alkyl halides is 3. The molecule has 68 valence electrons. The second kappa shape index (κ2) is 3.92. The maximum atomic E-state index is 11.7. The Balaban J connectivity index is 3.61. The van der Waals surface area contributed by atoms with Crippen molar-refractivity contribution in [2.45, 2.75) is 32.2 Å². The predicted octanol–water partition coefficient (Wildman–Crippen LogP) is 1.33. The van der Waals surface area contributed by atoms with E-state index in [0.29, 0.717) is 0 Å². The van der Waals surface area contributed by atoms with Crippen molar-refractivity contribution in [1.82, 2.24) is 0 Å². The lowest BCUT2D eigenvalue weighted by molar-refractivity contribution is -0.218. The lowest BCUT2D eigenvalue weighted by atomic mass is 10.4. The third kappa shape index (κ3) is 5.03. The second-order valence-corrected chi connectivity index (χ2v) is 2.37. The normalized spacial score (nSPS) is 18.0. The van der Waals surface area contributed by atoms with Crippen LogP contribution in [0.5, 0.6) is 0 Å². The lowest BCUT2D eigenvalue weighted by Gasteiger charge is -2.16. The van der Waals surface area contributed by atoms with Gasteiger partial charge in [0.2, 0.25) is 0 Å². The largest absolute Gasteiger partial charge is 0.414 e. The number of hydrogen-bond donors (Lipinski definition) is 1. The summed E-state index contributed by atoms with van der Waals surface area (Å²) in [4.78, 5) is 0. The fraction of sp³-hybridized carbons (Fsp3) is 1.00. The average molecular weight is 172 g/mol. The van der Waals surface area contributed by atoms with Crippen LogP contribution in [0.4, 0.5) is 13.2 Å². The van der Waals surface area contributed by atoms with Crippen LogP contribution in [0.1, 0.15) is 13.8 Å². The van der Waals surface area contributed by atoms with Gasteiger partial charge in [-0.3, -0.25) is 0 Å². The van der Waals surface area contributed by atoms with E-state index in [-0.39, 0.29) is 6.61 Å². The van der Waals surface area contributed by atoms with E-state index in [9.17, 15) is 13.2 Å². The summed E-state index contributed by atoms with van der Waals surface area (Å²) >= 11 is 0. The lowest BCUT2D eigenvalue weighted by Crippen LogP contribution is -2.30. The number of aliphatic hydroxyl groups is 1. The topological polar surface area (TPSA) is 29.5 Å². The highest BCUT2D eigenvalue weighted by molar-refractivity contribution is 4.61. The number of rotatable bonds is 3. The molecule has 0 radical (unpaired) electrons. The first kappa shape index (κ1) is 10.7. The van der Waals surface area contributed by atoms with E-state index in [1.807, 2.05) is 0 Å². The molecule has 0 aliphatic carbocycles. The van der Waals surface area contributed by atoms with Gasteiger partial charge in [-0.1, -0.05) is 0 Å². The molecule has 11 heavy (non-hydrogen) atoms. The molecular weight excluding hydrogens is 161 g/mol. The molecule has 0 aliphatic rings. The zero-order valence-electron chi connectivity index (χ0n) is 6.35. The van der Waals surface area contributed by atoms with Crippen molar-refractivity contribution >= 4 is 0 Å². The van der Waals surface area contributed by atoms with Crippen molar-refractivity contribution in [2.75, 3.05) is 6.61 Å². The van der Waals surface area contributed by atoms with Crippen molar-refractivity contribution < 1.29 is 23.0 Å². The first-order valence-electron chi connectivity index (χ1n) is 3.20. The third-order valence-electron chi connectivity index (χ3n) is 1.05. The van der Waals surface area contributed by atoms with Gasteiger partial charge in [0.25, 0.3) is 0 Å². The zero-order chi connectivity index (χ0) is 9.07. The number of halogens is 3. The summed E-state index contributed by atoms with van der Waals surface area (Å²) in [6.45, 7) is 1.98. The third-order valence-corrected chi connectivity index (χ3v) is 1.05. The number of aliphatic hydroxyl groups excluding tert-OH is 1. The summed E-state index contributed by atoms with van der Waals surface area (Å²) in [6, 6.07) is 0. The van der Waals surface area contributed by atoms with E-state index in [4.69, 9.17) is 5.11 Å². The van der Waals surface area contributed by atoms with E-state index in [1.165, 1.54) is 6.92 Å². The molecule has 0 fully saturated rings. The summed E-state index contributed by atoms with van der Waals surface area (Å²) in [6.07, 6.45) is -7.01. The molecule has 0 amide bonds. The van der Waals surface area contributed by atoms with E-state index in [1.54, 1.807) is 0 Å². The maximum absolute atomic E-state index is 11.7. The maximum Gasteiger partial charge on any atom is 0.414 e. The molecule has 0 aromatic rings. The molecule has 0 aromatic carbocycles. The van der Waals surface area contributed by atoms with Gasteiger partial charge in [0.15, 0.2) is 6.10 Å². The smallest absolute Gasteiger partial charge is 0.391 e. The molecule has 0 rings (SSSR count). The predicted molar refractivity (Wildman–Crippen MR) is 33.1 cm³/mol. The summed E-state index contributed by atoms with van der Waals surface area (Å²) in [5, 5.41) is 8.57. The van der Waals surface area contributed by atoms with Crippen LogP contribution in [0.25, 0.3) is 0 Å². The van der Waals surface area contributed by atoms with Gasteiger partial charge >= 0.3 is 6.18 Å². The van der Waals surface area contributed by atoms with Gasteiger partial charge in [-0.25, -0.2) is 0 Å². The van der Waals surface area contributed by atoms with Crippen LogP contribution < -0.4 is 0 Å². The van der Waals surface area contributed by atoms with Crippen molar-refractivity contribution in [3.05, 3.63) is 0 Å². The fourth-order valence-corrected chi connectivity index (χ4v) is 0.378. The summed E-state index contributed by atoms with van der Waals surface area (Å²) in [7, 11) is 0. The summed E-state index contributed by atoms with van der Waals surface area (Å²) < 4.78 is 39.4. The molecule has 0 saturated heterocycles. The Kier molecular flexibility index (Phi) is 3.82. The quantitative estimate of drug-likeness (QED) is 0.696. The summed E-state index contributed by atoms with van der Waals surface area (Å²) in [5.41, 5.74) is 0. The van der Waals surface area contributed by atoms with Gasteiger partial charge in [-0.05, 0) is 13.8 Å². The molecule has 1 N–H and O–H groups in total. The molecule has 0 aliphatic heterocycles. The fourth-order valence-electron chi connectivity index (χ4n) is 0.378. The Labute approximate surface area is 63.0 Å². The molecule has 0 aromatic heterocycles. The van der Waals surface area contributed by atoms with Gasteiger partial charge in [0, 0.05) is 0 Å². The first-order valence-corrected chi connectivity index (χ1v) is 3.20. The van der Waals surface area contributed by atoms with Crippen LogP contribution in [0.15, 0.2) is 0 Å². The van der Waals surface area contributed by atoms with Crippen LogP contribution in [0.3, 0.4) is 0 Å². The molecule has 2 atom stereocenters. The highest BCUT2D eigenvalue weighted by Crippen LogP contribution is 2.22. The molecule has 0 spiro atoms. The molecule has 0 heterocycles. The Bertz CT molecular complexity index is 111. The molecule has 5 heteroatoms. The van der Waals surface area contributed by atoms with Gasteiger partial charge in [-0.15, -0.1) is 0 Å². The molecule has 0 bridgehead atoms. The Morgan fingerprint density at radius 3 is 2.09 bits per heavy atom. The van der Waals surface area contributed by atoms with E-state index >= 15 is 0 Å². The van der Waals surface area contributed by atoms with Gasteiger partial charge in [0.05, 0.1) is 12.7 Å². The van der Waals surface area contributed by atoms with E-state index in [2.05, 4.69) is 4.74 Å². The van der Waals surface area contributed by atoms with Crippen LogP contribution in [-0.4, -0.2) is 30.1 Å². The minimum Gasteiger partial charge on any atom is -0.391 e. The zero-order valence-corrected chi connectivity index (χ0v) is 6.35. The van der Waals surface area contributed by atoms with Crippen LogP contribution >= 0.6 is 0 Å². The minimum absolute atomic E-state index is 0.291. The monoisotopic (exact) mass is 172 g/mol. The number of ether oxygens (including phenoxy) is 1. The van der Waals surface area contributed by atoms with E-state index < -0.39 is 18.4 Å². The molecular formula is C6H11F3O2. The SMILES string of the molecule is CC(O)COC(C)C(F)(F)F. The van der Waals surface area contributed by atoms with Crippen LogP contribution in [0.2, 0.25) is 0 Å². The second-order valence-electron chi connectivity index (χ2n) is 2.37. The van der Waals surface area contributed by atoms with Crippen molar-refractivity contribution in [3.8, 4) is 0 Å². The standard InChI is InChI=1S/C6H11F3O2/c1-4(10)3-11-5(2)6(7,8)9/h4-5,10H,3H2,1-2H3. The molecule has 2 unspecified atom stereocenters. The van der Waals surface area contributed by atoms with Crippen LogP contribution in [-0.2, 0) is 4.74 Å². The average Bonchev–Trinajstić information content (AvgIpc) is 1.80. The molecule has 2 nitrogen and oxygen atoms in total. The first-order chi connectivity index (χ1) is 4.84.